The third kappa shape index (κ3) is 4.74. The van der Waals surface area contributed by atoms with Gasteiger partial charge in [0.25, 0.3) is 0 Å². The Bertz CT molecular complexity index is 530. The van der Waals surface area contributed by atoms with Crippen LogP contribution in [0.3, 0.4) is 0 Å². The van der Waals surface area contributed by atoms with Gasteiger partial charge in [0.15, 0.2) is 0 Å². The minimum absolute atomic E-state index is 0.107. The second kappa shape index (κ2) is 7.81. The molecule has 108 valence electrons. The molecule has 0 aliphatic rings. The lowest BCUT2D eigenvalue weighted by molar-refractivity contribution is 0.0178. The lowest BCUT2D eigenvalue weighted by Crippen LogP contribution is -2.25. The number of benzene rings is 2. The van der Waals surface area contributed by atoms with Gasteiger partial charge in [-0.05, 0) is 24.3 Å². The average Bonchev–Trinajstić information content (AvgIpc) is 2.55. The fourth-order valence-electron chi connectivity index (χ4n) is 1.59. The normalized spacial score (nSPS) is 9.90. The molecule has 0 aliphatic heterocycles. The number of nitrogens with one attached hydrogen (secondary N) is 1. The van der Waals surface area contributed by atoms with Crippen molar-refractivity contribution in [1.29, 1.82) is 0 Å². The topological polar surface area (TPSA) is 64.6 Å². The van der Waals surface area contributed by atoms with E-state index in [-0.39, 0.29) is 13.2 Å². The van der Waals surface area contributed by atoms with Crippen LogP contribution < -0.4 is 5.48 Å². The molecule has 0 fully saturated rings. The largest absolute Gasteiger partial charge is 0.461 e. The molecule has 0 aromatic heterocycles. The minimum Gasteiger partial charge on any atom is -0.461 e. The predicted octanol–water partition coefficient (Wildman–Crippen LogP) is 2.21. The molecule has 21 heavy (non-hydrogen) atoms. The summed E-state index contributed by atoms with van der Waals surface area (Å²) in [5.41, 5.74) is 3.40. The van der Waals surface area contributed by atoms with E-state index in [0.717, 1.165) is 0 Å². The van der Waals surface area contributed by atoms with Crippen molar-refractivity contribution in [1.82, 2.24) is 5.48 Å². The van der Waals surface area contributed by atoms with Crippen molar-refractivity contribution in [3.05, 3.63) is 71.8 Å². The van der Waals surface area contributed by atoms with E-state index in [4.69, 9.17) is 9.57 Å². The minimum atomic E-state index is -0.481. The van der Waals surface area contributed by atoms with E-state index in [1.54, 1.807) is 48.5 Å². The molecule has 0 saturated heterocycles. The fourth-order valence-corrected chi connectivity index (χ4v) is 1.59. The van der Waals surface area contributed by atoms with Crippen LogP contribution in [0.2, 0.25) is 0 Å². The molecule has 5 nitrogen and oxygen atoms in total. The Balaban J connectivity index is 1.64. The second-order valence-corrected chi connectivity index (χ2v) is 4.15. The highest BCUT2D eigenvalue weighted by Gasteiger charge is 2.07. The van der Waals surface area contributed by atoms with Crippen LogP contribution in [0.15, 0.2) is 60.7 Å². The Labute approximate surface area is 122 Å². The first kappa shape index (κ1) is 14.7. The summed E-state index contributed by atoms with van der Waals surface area (Å²) in [7, 11) is 0. The van der Waals surface area contributed by atoms with Gasteiger partial charge in [-0.1, -0.05) is 36.4 Å². The Morgan fingerprint density at radius 3 is 1.90 bits per heavy atom. The van der Waals surface area contributed by atoms with Gasteiger partial charge in [-0.3, -0.25) is 0 Å². The van der Waals surface area contributed by atoms with E-state index in [9.17, 15) is 9.59 Å². The van der Waals surface area contributed by atoms with Crippen molar-refractivity contribution in [2.24, 2.45) is 0 Å². The molecule has 0 radical (unpaired) electrons. The van der Waals surface area contributed by atoms with Gasteiger partial charge in [0.05, 0.1) is 17.7 Å². The Hall–Kier alpha value is -2.66. The average molecular weight is 285 g/mol. The fraction of sp³-hybridized carbons (Fsp3) is 0.125. The number of rotatable bonds is 6. The molecule has 5 heteroatoms. The van der Waals surface area contributed by atoms with Gasteiger partial charge in [0, 0.05) is 0 Å². The van der Waals surface area contributed by atoms with Gasteiger partial charge >= 0.3 is 11.9 Å². The standard InChI is InChI=1S/C16H15NO4/c18-15(13-7-3-1-4-8-13)20-12-11-17-21-16(19)14-9-5-2-6-10-14/h1-10,17H,11-12H2. The molecule has 0 heterocycles. The summed E-state index contributed by atoms with van der Waals surface area (Å²) < 4.78 is 5.02. The summed E-state index contributed by atoms with van der Waals surface area (Å²) in [5.74, 6) is -0.892. The molecule has 0 atom stereocenters. The van der Waals surface area contributed by atoms with Crippen LogP contribution in [0.4, 0.5) is 0 Å². The van der Waals surface area contributed by atoms with Crippen molar-refractivity contribution in [2.75, 3.05) is 13.2 Å². The van der Waals surface area contributed by atoms with E-state index >= 15 is 0 Å². The van der Waals surface area contributed by atoms with E-state index in [0.29, 0.717) is 11.1 Å². The number of hydrogen-bond acceptors (Lipinski definition) is 5. The number of carbonyl (C=O) groups excluding carboxylic acids is 2. The predicted molar refractivity (Wildman–Crippen MR) is 76.6 cm³/mol. The molecule has 1 N–H and O–H groups in total. The van der Waals surface area contributed by atoms with Crippen LogP contribution in [-0.2, 0) is 9.57 Å². The molecule has 2 aromatic carbocycles. The van der Waals surface area contributed by atoms with E-state index in [2.05, 4.69) is 5.48 Å². The van der Waals surface area contributed by atoms with Crippen LogP contribution in [0, 0.1) is 0 Å². The molecule has 0 spiro atoms. The summed E-state index contributed by atoms with van der Waals surface area (Å²) in [5, 5.41) is 0. The van der Waals surface area contributed by atoms with E-state index in [1.165, 1.54) is 0 Å². The third-order valence-electron chi connectivity index (χ3n) is 2.62. The maximum absolute atomic E-state index is 11.6. The first-order valence-corrected chi connectivity index (χ1v) is 6.48. The molecular formula is C16H15NO4. The van der Waals surface area contributed by atoms with Crippen LogP contribution in [0.25, 0.3) is 0 Å². The Morgan fingerprint density at radius 2 is 1.33 bits per heavy atom. The zero-order chi connectivity index (χ0) is 14.9. The number of hydrogen-bond donors (Lipinski definition) is 1. The maximum atomic E-state index is 11.6. The second-order valence-electron chi connectivity index (χ2n) is 4.15. The van der Waals surface area contributed by atoms with Crippen molar-refractivity contribution in [2.45, 2.75) is 0 Å². The van der Waals surface area contributed by atoms with Crippen molar-refractivity contribution in [3.8, 4) is 0 Å². The van der Waals surface area contributed by atoms with E-state index in [1.807, 2.05) is 12.1 Å². The van der Waals surface area contributed by atoms with Crippen LogP contribution >= 0.6 is 0 Å². The van der Waals surface area contributed by atoms with Gasteiger partial charge in [0.2, 0.25) is 0 Å². The van der Waals surface area contributed by atoms with Gasteiger partial charge in [0.1, 0.15) is 6.61 Å². The number of hydroxylamine groups is 1. The molecule has 0 aliphatic carbocycles. The SMILES string of the molecule is O=C(OCCNOC(=O)c1ccccc1)c1ccccc1. The summed E-state index contributed by atoms with van der Waals surface area (Å²) in [6, 6.07) is 17.3. The monoisotopic (exact) mass is 285 g/mol. The molecule has 0 saturated carbocycles. The molecule has 0 unspecified atom stereocenters. The highest BCUT2D eigenvalue weighted by molar-refractivity contribution is 5.89. The molecule has 0 bridgehead atoms. The smallest absolute Gasteiger partial charge is 0.356 e. The Kier molecular flexibility index (Phi) is 5.49. The maximum Gasteiger partial charge on any atom is 0.356 e. The lowest BCUT2D eigenvalue weighted by Gasteiger charge is -2.07. The van der Waals surface area contributed by atoms with Crippen molar-refractivity contribution in [3.63, 3.8) is 0 Å². The first-order chi connectivity index (χ1) is 10.3. The first-order valence-electron chi connectivity index (χ1n) is 6.48. The third-order valence-corrected chi connectivity index (χ3v) is 2.62. The van der Waals surface area contributed by atoms with Gasteiger partial charge in [-0.2, -0.15) is 0 Å². The number of ether oxygens (including phenoxy) is 1. The van der Waals surface area contributed by atoms with Crippen LogP contribution in [0.5, 0.6) is 0 Å². The highest BCUT2D eigenvalue weighted by Crippen LogP contribution is 2.01. The van der Waals surface area contributed by atoms with E-state index < -0.39 is 11.9 Å². The Morgan fingerprint density at radius 1 is 0.810 bits per heavy atom. The number of esters is 1. The summed E-state index contributed by atoms with van der Waals surface area (Å²) in [6.45, 7) is 0.326. The lowest BCUT2D eigenvalue weighted by atomic mass is 10.2. The summed E-state index contributed by atoms with van der Waals surface area (Å²) in [6.07, 6.45) is 0. The quantitative estimate of drug-likeness (QED) is 0.501. The summed E-state index contributed by atoms with van der Waals surface area (Å²) in [4.78, 5) is 28.0. The molecular weight excluding hydrogens is 270 g/mol. The zero-order valence-corrected chi connectivity index (χ0v) is 11.3. The van der Waals surface area contributed by atoms with Gasteiger partial charge in [-0.25, -0.2) is 9.59 Å². The summed E-state index contributed by atoms with van der Waals surface area (Å²) >= 11 is 0. The molecule has 2 aromatic rings. The van der Waals surface area contributed by atoms with Crippen LogP contribution in [-0.4, -0.2) is 25.1 Å². The van der Waals surface area contributed by atoms with Crippen molar-refractivity contribution >= 4 is 11.9 Å². The highest BCUT2D eigenvalue weighted by atomic mass is 16.7. The van der Waals surface area contributed by atoms with Gasteiger partial charge < -0.3 is 9.57 Å². The van der Waals surface area contributed by atoms with Crippen molar-refractivity contribution < 1.29 is 19.2 Å². The molecule has 0 amide bonds. The van der Waals surface area contributed by atoms with Gasteiger partial charge in [-0.15, -0.1) is 5.48 Å². The zero-order valence-electron chi connectivity index (χ0n) is 11.3. The van der Waals surface area contributed by atoms with Crippen LogP contribution in [0.1, 0.15) is 20.7 Å². The number of carbonyl (C=O) groups is 2. The molecule has 2 rings (SSSR count).